The third-order valence-corrected chi connectivity index (χ3v) is 6.78. The number of nitrogens with one attached hydrogen (secondary N) is 2. The molecule has 36 heavy (non-hydrogen) atoms. The third-order valence-electron chi connectivity index (χ3n) is 6.78. The molecular formula is C28H33InN4O3. The second-order valence-electron chi connectivity index (χ2n) is 8.90. The quantitative estimate of drug-likeness (QED) is 0.342. The number of aryl methyl sites for hydroxylation is 2. The van der Waals surface area contributed by atoms with Gasteiger partial charge in [0.25, 0.3) is 0 Å². The van der Waals surface area contributed by atoms with E-state index in [-0.39, 0.29) is 42.3 Å². The summed E-state index contributed by atoms with van der Waals surface area (Å²) in [5, 5.41) is 0. The molecule has 0 unspecified atom stereocenters. The maximum atomic E-state index is 5.05. The molecule has 8 bridgehead atoms. The first-order valence-electron chi connectivity index (χ1n) is 11.5. The molecule has 0 amide bonds. The van der Waals surface area contributed by atoms with Crippen LogP contribution in [-0.2, 0) is 0 Å². The Labute approximate surface area is 230 Å². The average Bonchev–Trinajstić information content (AvgIpc) is 3.44. The monoisotopic (exact) mass is 588 g/mol. The van der Waals surface area contributed by atoms with Gasteiger partial charge in [0.2, 0.25) is 0 Å². The average molecular weight is 588 g/mol. The molecular weight excluding hydrogens is 555 g/mol. The summed E-state index contributed by atoms with van der Waals surface area (Å²) in [6.45, 7) is 13.1. The van der Waals surface area contributed by atoms with Crippen molar-refractivity contribution in [1.82, 2.24) is 19.9 Å². The molecule has 186 valence electrons. The van der Waals surface area contributed by atoms with Crippen LogP contribution in [0.1, 0.15) is 74.4 Å². The van der Waals surface area contributed by atoms with Gasteiger partial charge in [0.1, 0.15) is 0 Å². The molecule has 0 saturated heterocycles. The van der Waals surface area contributed by atoms with Crippen molar-refractivity contribution in [3.63, 3.8) is 0 Å². The van der Waals surface area contributed by atoms with Crippen LogP contribution in [0, 0.1) is 13.8 Å². The Balaban J connectivity index is 0.00000162. The number of hydrogen-bond acceptors (Lipinski definition) is 5. The van der Waals surface area contributed by atoms with Crippen molar-refractivity contribution in [2.45, 2.75) is 54.4 Å². The van der Waals surface area contributed by atoms with Crippen LogP contribution in [0.2, 0.25) is 0 Å². The normalized spacial score (nSPS) is 12.4. The maximum Gasteiger partial charge on any atom is 3.00 e. The minimum atomic E-state index is 0. The molecule has 3 aromatic heterocycles. The molecule has 5 heterocycles. The van der Waals surface area contributed by atoms with Gasteiger partial charge in [0.05, 0.1) is 22.8 Å². The number of nitrogens with zero attached hydrogens (tertiary/aromatic N) is 2. The third kappa shape index (κ3) is 5.37. The van der Waals surface area contributed by atoms with Gasteiger partial charge in [-0.25, -0.2) is 9.97 Å². The number of aromatic amines is 2. The van der Waals surface area contributed by atoms with E-state index in [1.54, 1.807) is 0 Å². The Hall–Kier alpha value is -2.65. The Morgan fingerprint density at radius 1 is 0.556 bits per heavy atom. The molecule has 0 saturated carbocycles. The molecule has 0 fully saturated rings. The molecule has 2 aliphatic heterocycles. The molecule has 8 heteroatoms. The number of rotatable bonds is 2. The van der Waals surface area contributed by atoms with Crippen LogP contribution in [0.15, 0.2) is 36.4 Å². The molecule has 0 aliphatic carbocycles. The van der Waals surface area contributed by atoms with Gasteiger partial charge in [-0.05, 0) is 110 Å². The minimum Gasteiger partial charge on any atom is -0.870 e. The topological polar surface area (TPSA) is 147 Å². The Kier molecular flexibility index (Phi) is 10.5. The van der Waals surface area contributed by atoms with E-state index in [1.165, 1.54) is 33.4 Å². The molecule has 0 aromatic carbocycles. The predicted molar refractivity (Wildman–Crippen MR) is 148 cm³/mol. The second kappa shape index (κ2) is 12.1. The Bertz CT molecular complexity index is 1390. The first-order valence-corrected chi connectivity index (χ1v) is 11.5. The summed E-state index contributed by atoms with van der Waals surface area (Å²) < 4.78 is 0. The van der Waals surface area contributed by atoms with Gasteiger partial charge in [0, 0.05) is 22.1 Å². The smallest absolute Gasteiger partial charge is 0.870 e. The van der Waals surface area contributed by atoms with Gasteiger partial charge >= 0.3 is 25.8 Å². The van der Waals surface area contributed by atoms with Crippen LogP contribution >= 0.6 is 0 Å². The second-order valence-corrected chi connectivity index (χ2v) is 8.90. The van der Waals surface area contributed by atoms with E-state index in [4.69, 9.17) is 9.97 Å². The summed E-state index contributed by atoms with van der Waals surface area (Å²) in [4.78, 5) is 17.2. The molecule has 2 aliphatic rings. The van der Waals surface area contributed by atoms with Gasteiger partial charge < -0.3 is 26.4 Å². The maximum absolute atomic E-state index is 5.05. The van der Waals surface area contributed by atoms with E-state index in [9.17, 15) is 0 Å². The Morgan fingerprint density at radius 2 is 0.944 bits per heavy atom. The van der Waals surface area contributed by atoms with Crippen molar-refractivity contribution in [3.8, 4) is 0 Å². The standard InChI is InChI=1S/C28H30N4.In.3H2O/c1-7-21-17(5)25-12-23-15(3)9-19(29-23)11-20-10-16(4)24(30-20)13-26-18(6)22(8-2)28(32-26)14-27(21)31-25;;;;/h9-14,29-30H,7-8H2,1-6H3;;3*1H2/q;+3;;;/p-3. The van der Waals surface area contributed by atoms with Crippen LogP contribution in [0.5, 0.6) is 0 Å². The zero-order valence-electron chi connectivity index (χ0n) is 21.7. The number of H-pyrrole nitrogens is 2. The first-order chi connectivity index (χ1) is 15.4. The molecule has 0 radical (unpaired) electrons. The number of aromatic nitrogens is 4. The Morgan fingerprint density at radius 3 is 1.31 bits per heavy atom. The summed E-state index contributed by atoms with van der Waals surface area (Å²) in [7, 11) is 0. The van der Waals surface area contributed by atoms with Crippen molar-refractivity contribution in [3.05, 3.63) is 70.3 Å². The SMILES string of the molecule is CCC1=C(C)c2cc3[nH]c(cc3C)cc3cc(C)c(cc4nc(cc1n2)C(CC)=C4C)[nH]3.[In+3].[OH-].[OH-].[OH-]. The number of allylic oxidation sites excluding steroid dienone is 4. The van der Waals surface area contributed by atoms with E-state index in [2.05, 4.69) is 87.9 Å². The molecule has 0 atom stereocenters. The van der Waals surface area contributed by atoms with Gasteiger partial charge in [-0.2, -0.15) is 0 Å². The van der Waals surface area contributed by atoms with E-state index >= 15 is 0 Å². The largest absolute Gasteiger partial charge is 3.00 e. The van der Waals surface area contributed by atoms with E-state index in [1.807, 2.05) is 0 Å². The van der Waals surface area contributed by atoms with Crippen LogP contribution < -0.4 is 0 Å². The van der Waals surface area contributed by atoms with Crippen LogP contribution in [0.25, 0.3) is 44.4 Å². The molecule has 0 spiro atoms. The summed E-state index contributed by atoms with van der Waals surface area (Å²) >= 11 is 0. The summed E-state index contributed by atoms with van der Waals surface area (Å²) in [5.41, 5.74) is 16.0. The van der Waals surface area contributed by atoms with E-state index in [0.29, 0.717) is 0 Å². The number of fused-ring (bicyclic) bond motifs is 8. The van der Waals surface area contributed by atoms with E-state index < -0.39 is 0 Å². The van der Waals surface area contributed by atoms with Crippen molar-refractivity contribution in [1.29, 1.82) is 0 Å². The van der Waals surface area contributed by atoms with Crippen molar-refractivity contribution >= 4 is 70.2 Å². The summed E-state index contributed by atoms with van der Waals surface area (Å²) in [6.07, 6.45) is 1.90. The molecule has 3 aromatic rings. The van der Waals surface area contributed by atoms with Crippen molar-refractivity contribution in [2.24, 2.45) is 0 Å². The van der Waals surface area contributed by atoms with Gasteiger partial charge in [-0.3, -0.25) is 0 Å². The van der Waals surface area contributed by atoms with Crippen molar-refractivity contribution < 1.29 is 16.4 Å². The molecule has 5 rings (SSSR count). The fourth-order valence-electron chi connectivity index (χ4n) is 4.90. The first kappa shape index (κ1) is 31.4. The minimum absolute atomic E-state index is 0. The predicted octanol–water partition coefficient (Wildman–Crippen LogP) is 6.70. The summed E-state index contributed by atoms with van der Waals surface area (Å²) in [5.74, 6) is 0. The fourth-order valence-corrected chi connectivity index (χ4v) is 4.90. The number of hydrogen-bond donors (Lipinski definition) is 2. The molecule has 7 nitrogen and oxygen atoms in total. The fraction of sp³-hybridized carbons (Fsp3) is 0.286. The van der Waals surface area contributed by atoms with Gasteiger partial charge in [-0.1, -0.05) is 13.8 Å². The van der Waals surface area contributed by atoms with Crippen LogP contribution in [0.3, 0.4) is 0 Å². The van der Waals surface area contributed by atoms with Crippen molar-refractivity contribution in [2.75, 3.05) is 0 Å². The summed E-state index contributed by atoms with van der Waals surface area (Å²) in [6, 6.07) is 13.1. The zero-order valence-corrected chi connectivity index (χ0v) is 25.0. The zero-order chi connectivity index (χ0) is 22.6. The molecule has 5 N–H and O–H groups in total. The van der Waals surface area contributed by atoms with Gasteiger partial charge in [-0.15, -0.1) is 0 Å². The van der Waals surface area contributed by atoms with Crippen LogP contribution in [0.4, 0.5) is 0 Å². The van der Waals surface area contributed by atoms with E-state index in [0.717, 1.165) is 57.7 Å². The van der Waals surface area contributed by atoms with Crippen LogP contribution in [-0.4, -0.2) is 62.2 Å². The van der Waals surface area contributed by atoms with Gasteiger partial charge in [0.15, 0.2) is 0 Å².